The van der Waals surface area contributed by atoms with Crippen molar-refractivity contribution in [2.24, 2.45) is 0 Å². The zero-order valence-electron chi connectivity index (χ0n) is 43.4. The third-order valence-corrected chi connectivity index (χ3v) is 12.0. The van der Waals surface area contributed by atoms with E-state index < -0.39 is 9.85 Å². The monoisotopic (exact) mass is 1090 g/mol. The normalized spacial score (nSPS) is 12.6. The van der Waals surface area contributed by atoms with Crippen molar-refractivity contribution in [3.05, 3.63) is 122 Å². The summed E-state index contributed by atoms with van der Waals surface area (Å²) in [5.41, 5.74) is 2.32. The Kier molecular flexibility index (Phi) is 23.6. The second kappa shape index (κ2) is 31.6. The fourth-order valence-electron chi connectivity index (χ4n) is 8.13. The number of para-hydroxylation sites is 1. The highest BCUT2D eigenvalue weighted by Gasteiger charge is 2.29. The second-order valence-corrected chi connectivity index (χ2v) is 17.1. The Morgan fingerprint density at radius 1 is 0.679 bits per heavy atom. The summed E-state index contributed by atoms with van der Waals surface area (Å²) in [5.74, 6) is 1.55. The van der Waals surface area contributed by atoms with E-state index in [0.29, 0.717) is 165 Å². The van der Waals surface area contributed by atoms with E-state index >= 15 is 0 Å². The number of anilines is 1. The number of amides is 2. The van der Waals surface area contributed by atoms with Crippen molar-refractivity contribution in [3.63, 3.8) is 0 Å². The molecule has 0 atom stereocenters. The molecule has 0 spiro atoms. The van der Waals surface area contributed by atoms with Gasteiger partial charge in [-0.1, -0.05) is 11.3 Å². The number of furan rings is 1. The Morgan fingerprint density at radius 2 is 1.26 bits per heavy atom. The lowest BCUT2D eigenvalue weighted by atomic mass is 10.0. The number of nitrogens with one attached hydrogen (secondary N) is 2. The fraction of sp³-hybridized carbons (Fsp3) is 0.462. The van der Waals surface area contributed by atoms with Gasteiger partial charge in [0.05, 0.1) is 158 Å². The Bertz CT molecular complexity index is 2770. The van der Waals surface area contributed by atoms with Crippen LogP contribution < -0.4 is 14.8 Å². The number of rotatable bonds is 37. The lowest BCUT2D eigenvalue weighted by Gasteiger charge is -2.34. The van der Waals surface area contributed by atoms with Crippen LogP contribution >= 0.6 is 0 Å². The number of fused-ring (bicyclic) bond motifs is 1. The van der Waals surface area contributed by atoms with Crippen LogP contribution in [0.5, 0.6) is 11.5 Å². The van der Waals surface area contributed by atoms with Gasteiger partial charge in [0.1, 0.15) is 29.6 Å². The number of carbonyl (C=O) groups excluding carboxylic acids is 2. The number of benzene rings is 3. The number of aromatic amines is 1. The Labute approximate surface area is 448 Å². The van der Waals surface area contributed by atoms with Gasteiger partial charge in [0.25, 0.3) is 23.2 Å². The molecule has 420 valence electrons. The molecule has 26 heteroatoms. The van der Waals surface area contributed by atoms with Gasteiger partial charge >= 0.3 is 0 Å². The molecule has 7 rings (SSSR count). The second-order valence-electron chi connectivity index (χ2n) is 17.1. The molecule has 4 heterocycles. The minimum absolute atomic E-state index is 0.130. The topological polar surface area (TPSA) is 291 Å². The van der Waals surface area contributed by atoms with Crippen molar-refractivity contribution in [1.29, 1.82) is 0 Å². The summed E-state index contributed by atoms with van der Waals surface area (Å²) in [6, 6.07) is 18.1. The molecule has 1 fully saturated rings. The highest BCUT2D eigenvalue weighted by molar-refractivity contribution is 6.12. The average molecular weight is 1090 g/mol. The number of nitrogens with zero attached hydrogens (tertiary/aromatic N) is 7. The van der Waals surface area contributed by atoms with Crippen molar-refractivity contribution in [2.45, 2.75) is 13.2 Å². The van der Waals surface area contributed by atoms with Gasteiger partial charge in [-0.2, -0.15) is 0 Å². The SMILES string of the molecule is COc1ccc(-c2ccco2)c2[nH]cc(C(=O)N3CCN(C(=O)c4cccc(OCCOCCOCCOCCOCCOCCn5cc(COCCOCCOCCNc6c([N+](=O)[O-])cccc6[N+](=O)[O-])nn5)c4)CC3)c12. The quantitative estimate of drug-likeness (QED) is 0.0285. The zero-order chi connectivity index (χ0) is 54.7. The summed E-state index contributed by atoms with van der Waals surface area (Å²) in [6.07, 6.45) is 5.09. The first-order chi connectivity index (χ1) is 38.2. The summed E-state index contributed by atoms with van der Waals surface area (Å²) >= 11 is 0. The molecule has 2 N–H and O–H groups in total. The lowest BCUT2D eigenvalue weighted by molar-refractivity contribution is -0.392. The largest absolute Gasteiger partial charge is 0.496 e. The van der Waals surface area contributed by atoms with E-state index in [9.17, 15) is 29.8 Å². The highest BCUT2D eigenvalue weighted by Crippen LogP contribution is 2.37. The zero-order valence-corrected chi connectivity index (χ0v) is 43.4. The first kappa shape index (κ1) is 58.1. The van der Waals surface area contributed by atoms with Crippen LogP contribution in [0.1, 0.15) is 26.4 Å². The molecule has 3 aromatic carbocycles. The van der Waals surface area contributed by atoms with Gasteiger partial charge in [-0.05, 0) is 48.5 Å². The number of piperazine rings is 1. The number of hydrogen-bond donors (Lipinski definition) is 2. The third-order valence-electron chi connectivity index (χ3n) is 12.0. The maximum Gasteiger partial charge on any atom is 0.299 e. The third kappa shape index (κ3) is 17.5. The van der Waals surface area contributed by atoms with Crippen molar-refractivity contribution in [1.82, 2.24) is 29.8 Å². The molecule has 1 aliphatic rings. The average Bonchev–Trinajstić information content (AvgIpc) is 4.36. The Morgan fingerprint density at radius 3 is 1.86 bits per heavy atom. The van der Waals surface area contributed by atoms with E-state index in [1.54, 1.807) is 64.5 Å². The first-order valence-electron chi connectivity index (χ1n) is 25.4. The van der Waals surface area contributed by atoms with Crippen LogP contribution in [0, 0.1) is 20.2 Å². The number of aromatic nitrogens is 4. The summed E-state index contributed by atoms with van der Waals surface area (Å²) in [4.78, 5) is 55.1. The summed E-state index contributed by atoms with van der Waals surface area (Å²) in [5, 5.41) is 34.0. The van der Waals surface area contributed by atoms with E-state index in [-0.39, 0.29) is 55.2 Å². The number of nitro groups is 2. The van der Waals surface area contributed by atoms with Crippen molar-refractivity contribution >= 4 is 39.8 Å². The van der Waals surface area contributed by atoms with Gasteiger partial charge in [0.15, 0.2) is 5.69 Å². The molecule has 78 heavy (non-hydrogen) atoms. The fourth-order valence-corrected chi connectivity index (χ4v) is 8.13. The predicted molar refractivity (Wildman–Crippen MR) is 280 cm³/mol. The summed E-state index contributed by atoms with van der Waals surface area (Å²) < 4.78 is 63.3. The van der Waals surface area contributed by atoms with Crippen molar-refractivity contribution in [2.75, 3.05) is 151 Å². The molecule has 0 unspecified atom stereocenters. The highest BCUT2D eigenvalue weighted by atomic mass is 16.6. The van der Waals surface area contributed by atoms with Crippen molar-refractivity contribution in [3.8, 4) is 22.8 Å². The molecule has 3 aromatic heterocycles. The van der Waals surface area contributed by atoms with Crippen LogP contribution in [0.25, 0.3) is 22.2 Å². The number of carbonyl (C=O) groups is 2. The van der Waals surface area contributed by atoms with Crippen LogP contribution in [0.15, 0.2) is 89.8 Å². The predicted octanol–water partition coefficient (Wildman–Crippen LogP) is 5.27. The molecule has 0 aliphatic carbocycles. The van der Waals surface area contributed by atoms with Crippen LogP contribution in [0.2, 0.25) is 0 Å². The van der Waals surface area contributed by atoms with Crippen LogP contribution in [0.4, 0.5) is 17.1 Å². The standard InChI is InChI=1S/C52H65N9O17/c1-68-47-11-10-42(46-9-4-18-78-46)49-48(47)43(36-54-49)52(63)58-15-13-57(14-16-58)51(62)39-5-2-6-41(35-39)77-34-33-75-30-29-73-28-27-72-26-25-71-24-22-70-20-17-59-37-40(55-56-59)38-76-32-31-74-23-21-69-19-12-53-50-44(60(64)65)7-3-8-45(50)61(66)67/h2-11,18,35-37,53-54H,12-17,19-34,38H2,1H3. The van der Waals surface area contributed by atoms with Gasteiger partial charge in [-0.25, -0.2) is 4.68 Å². The van der Waals surface area contributed by atoms with Crippen molar-refractivity contribution < 1.29 is 71.2 Å². The summed E-state index contributed by atoms with van der Waals surface area (Å²) in [6.45, 7) is 8.21. The Balaban J connectivity index is 0.624. The molecule has 0 bridgehead atoms. The lowest BCUT2D eigenvalue weighted by Crippen LogP contribution is -2.50. The molecule has 2 amide bonds. The van der Waals surface area contributed by atoms with E-state index in [0.717, 1.165) is 11.1 Å². The minimum atomic E-state index is -0.678. The molecular weight excluding hydrogens is 1020 g/mol. The van der Waals surface area contributed by atoms with Crippen LogP contribution in [-0.4, -0.2) is 197 Å². The molecule has 0 saturated carbocycles. The van der Waals surface area contributed by atoms with Gasteiger partial charge in [0, 0.05) is 62.2 Å². The van der Waals surface area contributed by atoms with Gasteiger partial charge in [-0.3, -0.25) is 29.8 Å². The van der Waals surface area contributed by atoms with E-state index in [2.05, 4.69) is 20.6 Å². The smallest absolute Gasteiger partial charge is 0.299 e. The molecule has 1 saturated heterocycles. The maximum atomic E-state index is 13.8. The number of methoxy groups -OCH3 is 1. The first-order valence-corrected chi connectivity index (χ1v) is 25.4. The maximum absolute atomic E-state index is 13.8. The number of H-pyrrole nitrogens is 1. The Hall–Kier alpha value is -7.56. The van der Waals surface area contributed by atoms with Gasteiger partial charge in [-0.15, -0.1) is 5.10 Å². The molecule has 1 aliphatic heterocycles. The number of ether oxygens (including phenoxy) is 10. The molecule has 6 aromatic rings. The van der Waals surface area contributed by atoms with Crippen LogP contribution in [0.3, 0.4) is 0 Å². The minimum Gasteiger partial charge on any atom is -0.496 e. The molecular formula is C52H65N9O17. The van der Waals surface area contributed by atoms with Crippen LogP contribution in [-0.2, 0) is 51.0 Å². The molecule has 0 radical (unpaired) electrons. The number of nitro benzene ring substituents is 2. The number of hydrogen-bond acceptors (Lipinski definition) is 20. The summed E-state index contributed by atoms with van der Waals surface area (Å²) in [7, 11) is 1.58. The van der Waals surface area contributed by atoms with Gasteiger partial charge in [0.2, 0.25) is 0 Å². The molecule has 26 nitrogen and oxygen atoms in total. The van der Waals surface area contributed by atoms with E-state index in [1.165, 1.54) is 18.2 Å². The van der Waals surface area contributed by atoms with E-state index in [1.807, 2.05) is 24.3 Å². The van der Waals surface area contributed by atoms with Gasteiger partial charge < -0.3 is 71.9 Å². The van der Waals surface area contributed by atoms with E-state index in [4.69, 9.17) is 51.8 Å².